The van der Waals surface area contributed by atoms with Crippen LogP contribution < -0.4 is 5.73 Å². The van der Waals surface area contributed by atoms with Crippen molar-refractivity contribution in [3.8, 4) is 28.3 Å². The second kappa shape index (κ2) is 5.71. The van der Waals surface area contributed by atoms with Crippen molar-refractivity contribution in [1.82, 2.24) is 4.98 Å². The highest BCUT2D eigenvalue weighted by atomic mass is 14.8. The van der Waals surface area contributed by atoms with Crippen molar-refractivity contribution < 1.29 is 0 Å². The van der Waals surface area contributed by atoms with Crippen molar-refractivity contribution in [2.45, 2.75) is 6.92 Å². The number of nitrogen functional groups attached to an aromatic ring is 1. The maximum Gasteiger partial charge on any atom is 0.141 e. The number of pyridine rings is 1. The second-order valence-electron chi connectivity index (χ2n) is 5.15. The summed E-state index contributed by atoms with van der Waals surface area (Å²) in [5, 5.41) is 9.52. The number of benzene rings is 2. The Morgan fingerprint density at radius 2 is 1.64 bits per heavy atom. The summed E-state index contributed by atoms with van der Waals surface area (Å²) < 4.78 is 0. The van der Waals surface area contributed by atoms with E-state index < -0.39 is 0 Å². The van der Waals surface area contributed by atoms with Gasteiger partial charge in [0.25, 0.3) is 0 Å². The van der Waals surface area contributed by atoms with Crippen LogP contribution in [0.15, 0.2) is 60.8 Å². The van der Waals surface area contributed by atoms with E-state index in [2.05, 4.69) is 11.1 Å². The Labute approximate surface area is 129 Å². The fraction of sp³-hybridized carbons (Fsp3) is 0.0526. The van der Waals surface area contributed by atoms with Gasteiger partial charge in [0, 0.05) is 17.3 Å². The predicted molar refractivity (Wildman–Crippen MR) is 89.0 cm³/mol. The molecule has 3 aromatic rings. The van der Waals surface area contributed by atoms with Crippen molar-refractivity contribution in [1.29, 1.82) is 5.26 Å². The van der Waals surface area contributed by atoms with Crippen molar-refractivity contribution >= 4 is 5.82 Å². The molecule has 0 aliphatic carbocycles. The maximum atomic E-state index is 9.52. The molecule has 2 N–H and O–H groups in total. The van der Waals surface area contributed by atoms with Gasteiger partial charge in [0.1, 0.15) is 17.5 Å². The third kappa shape index (κ3) is 2.43. The molecule has 0 aliphatic heterocycles. The first-order valence-corrected chi connectivity index (χ1v) is 7.01. The number of rotatable bonds is 2. The minimum atomic E-state index is 0.262. The molecule has 0 atom stereocenters. The Hall–Kier alpha value is -3.12. The monoisotopic (exact) mass is 285 g/mol. The van der Waals surface area contributed by atoms with Crippen molar-refractivity contribution in [2.24, 2.45) is 0 Å². The van der Waals surface area contributed by atoms with Crippen LogP contribution in [0.1, 0.15) is 11.1 Å². The first kappa shape index (κ1) is 13.8. The van der Waals surface area contributed by atoms with Crippen molar-refractivity contribution in [2.75, 3.05) is 5.73 Å². The molecule has 0 radical (unpaired) electrons. The summed E-state index contributed by atoms with van der Waals surface area (Å²) in [6.07, 6.45) is 1.74. The van der Waals surface area contributed by atoms with E-state index in [0.29, 0.717) is 5.56 Å². The summed E-state index contributed by atoms with van der Waals surface area (Å²) >= 11 is 0. The van der Waals surface area contributed by atoms with Gasteiger partial charge >= 0.3 is 0 Å². The van der Waals surface area contributed by atoms with E-state index in [0.717, 1.165) is 22.3 Å². The Balaban J connectivity index is 2.32. The SMILES string of the molecule is Cc1ccc(-c2c(-c3ccccc3)cnc(N)c2C#N)cc1. The zero-order chi connectivity index (χ0) is 15.5. The Morgan fingerprint density at radius 3 is 2.27 bits per heavy atom. The van der Waals surface area contributed by atoms with E-state index in [4.69, 9.17) is 5.73 Å². The quantitative estimate of drug-likeness (QED) is 0.768. The van der Waals surface area contributed by atoms with Gasteiger partial charge in [0.05, 0.1) is 0 Å². The summed E-state index contributed by atoms with van der Waals surface area (Å²) in [7, 11) is 0. The normalized spacial score (nSPS) is 10.2. The van der Waals surface area contributed by atoms with Gasteiger partial charge in [0.15, 0.2) is 0 Å². The lowest BCUT2D eigenvalue weighted by atomic mass is 9.92. The Bertz CT molecular complexity index is 844. The van der Waals surface area contributed by atoms with Gasteiger partial charge in [-0.15, -0.1) is 0 Å². The summed E-state index contributed by atoms with van der Waals surface area (Å²) in [4.78, 5) is 4.19. The van der Waals surface area contributed by atoms with Crippen LogP contribution in [-0.2, 0) is 0 Å². The molecule has 3 heteroatoms. The molecule has 22 heavy (non-hydrogen) atoms. The Kier molecular flexibility index (Phi) is 3.59. The molecule has 0 amide bonds. The number of aromatic nitrogens is 1. The molecule has 106 valence electrons. The van der Waals surface area contributed by atoms with Crippen LogP contribution >= 0.6 is 0 Å². The highest BCUT2D eigenvalue weighted by Gasteiger charge is 2.16. The van der Waals surface area contributed by atoms with Crippen LogP contribution in [0.3, 0.4) is 0 Å². The van der Waals surface area contributed by atoms with Crippen LogP contribution in [0.5, 0.6) is 0 Å². The number of nitrogens with two attached hydrogens (primary N) is 1. The second-order valence-corrected chi connectivity index (χ2v) is 5.15. The average Bonchev–Trinajstić information content (AvgIpc) is 2.56. The molecule has 0 saturated heterocycles. The predicted octanol–water partition coefficient (Wildman–Crippen LogP) is 4.18. The van der Waals surface area contributed by atoms with Crippen molar-refractivity contribution in [3.63, 3.8) is 0 Å². The van der Waals surface area contributed by atoms with Crippen molar-refractivity contribution in [3.05, 3.63) is 71.9 Å². The van der Waals surface area contributed by atoms with E-state index >= 15 is 0 Å². The lowest BCUT2D eigenvalue weighted by Crippen LogP contribution is -1.99. The lowest BCUT2D eigenvalue weighted by Gasteiger charge is -2.13. The highest BCUT2D eigenvalue weighted by Crippen LogP contribution is 2.36. The van der Waals surface area contributed by atoms with Gasteiger partial charge < -0.3 is 5.73 Å². The molecule has 3 rings (SSSR count). The van der Waals surface area contributed by atoms with Gasteiger partial charge in [-0.3, -0.25) is 0 Å². The molecule has 1 aromatic heterocycles. The molecule has 0 fully saturated rings. The van der Waals surface area contributed by atoms with Gasteiger partial charge in [-0.05, 0) is 18.1 Å². The minimum absolute atomic E-state index is 0.262. The van der Waals surface area contributed by atoms with Crippen LogP contribution in [0, 0.1) is 18.3 Å². The largest absolute Gasteiger partial charge is 0.383 e. The number of nitriles is 1. The van der Waals surface area contributed by atoms with E-state index in [1.54, 1.807) is 6.20 Å². The molecule has 3 nitrogen and oxygen atoms in total. The number of anilines is 1. The molecule has 0 saturated carbocycles. The zero-order valence-electron chi connectivity index (χ0n) is 12.2. The highest BCUT2D eigenvalue weighted by molar-refractivity contribution is 5.89. The molecule has 0 unspecified atom stereocenters. The number of hydrogen-bond donors (Lipinski definition) is 1. The van der Waals surface area contributed by atoms with E-state index in [1.165, 1.54) is 5.56 Å². The van der Waals surface area contributed by atoms with Gasteiger partial charge in [-0.25, -0.2) is 4.98 Å². The topological polar surface area (TPSA) is 62.7 Å². The molecular formula is C19H15N3. The molecule has 0 spiro atoms. The van der Waals surface area contributed by atoms with Crippen LogP contribution in [0.25, 0.3) is 22.3 Å². The fourth-order valence-electron chi connectivity index (χ4n) is 2.50. The van der Waals surface area contributed by atoms with Crippen LogP contribution in [-0.4, -0.2) is 4.98 Å². The summed E-state index contributed by atoms with van der Waals surface area (Å²) in [5.41, 5.74) is 11.2. The maximum absolute atomic E-state index is 9.52. The fourth-order valence-corrected chi connectivity index (χ4v) is 2.50. The molecule has 0 aliphatic rings. The zero-order valence-corrected chi connectivity index (χ0v) is 12.2. The van der Waals surface area contributed by atoms with E-state index in [-0.39, 0.29) is 5.82 Å². The van der Waals surface area contributed by atoms with E-state index in [9.17, 15) is 5.26 Å². The first-order valence-electron chi connectivity index (χ1n) is 7.01. The van der Waals surface area contributed by atoms with E-state index in [1.807, 2.05) is 61.5 Å². The average molecular weight is 285 g/mol. The third-order valence-electron chi connectivity index (χ3n) is 3.65. The molecule has 0 bridgehead atoms. The molecule has 1 heterocycles. The molecule has 2 aromatic carbocycles. The van der Waals surface area contributed by atoms with Gasteiger partial charge in [-0.1, -0.05) is 60.2 Å². The van der Waals surface area contributed by atoms with Gasteiger partial charge in [-0.2, -0.15) is 5.26 Å². The van der Waals surface area contributed by atoms with Crippen LogP contribution in [0.2, 0.25) is 0 Å². The summed E-state index contributed by atoms with van der Waals surface area (Å²) in [5.74, 6) is 0.262. The standard InChI is InChI=1S/C19H15N3/c1-13-7-9-15(10-8-13)18-16(11-20)19(21)22-12-17(18)14-5-3-2-4-6-14/h2-10,12H,1H3,(H2,21,22). The first-order chi connectivity index (χ1) is 10.7. The number of hydrogen-bond acceptors (Lipinski definition) is 3. The Morgan fingerprint density at radius 1 is 0.955 bits per heavy atom. The summed E-state index contributed by atoms with van der Waals surface area (Å²) in [6, 6.07) is 20.2. The smallest absolute Gasteiger partial charge is 0.141 e. The number of aryl methyl sites for hydroxylation is 1. The minimum Gasteiger partial charge on any atom is -0.383 e. The number of nitrogens with zero attached hydrogens (tertiary/aromatic N) is 2. The van der Waals surface area contributed by atoms with Gasteiger partial charge in [0.2, 0.25) is 0 Å². The summed E-state index contributed by atoms with van der Waals surface area (Å²) in [6.45, 7) is 2.04. The lowest BCUT2D eigenvalue weighted by molar-refractivity contribution is 1.31. The van der Waals surface area contributed by atoms with Crippen LogP contribution in [0.4, 0.5) is 5.82 Å². The third-order valence-corrected chi connectivity index (χ3v) is 3.65. The molecular weight excluding hydrogens is 270 g/mol.